The molecule has 0 atom stereocenters. The fourth-order valence-electron chi connectivity index (χ4n) is 1.83. The summed E-state index contributed by atoms with van der Waals surface area (Å²) in [6, 6.07) is 11.0. The number of hydrogen-bond acceptors (Lipinski definition) is 2. The van der Waals surface area contributed by atoms with Gasteiger partial charge in [0.05, 0.1) is 16.9 Å². The Hall–Kier alpha value is -2.07. The molecular weight excluding hydrogens is 279 g/mol. The minimum atomic E-state index is -0.557. The second-order valence-corrected chi connectivity index (χ2v) is 4.93. The standard InChI is InChI=1S/C15H14ClFN2O/c1-19(2)14-8-7-10(16)9-13(14)18-15(20)11-5-3-4-6-12(11)17/h3-9H,1-2H3,(H,18,20). The third kappa shape index (κ3) is 3.08. The van der Waals surface area contributed by atoms with E-state index in [1.807, 2.05) is 19.0 Å². The quantitative estimate of drug-likeness (QED) is 0.933. The normalized spacial score (nSPS) is 10.2. The lowest BCUT2D eigenvalue weighted by atomic mass is 10.2. The molecule has 20 heavy (non-hydrogen) atoms. The number of amides is 1. The number of halogens is 2. The van der Waals surface area contributed by atoms with Gasteiger partial charge in [-0.3, -0.25) is 4.79 Å². The van der Waals surface area contributed by atoms with E-state index in [-0.39, 0.29) is 5.56 Å². The van der Waals surface area contributed by atoms with Crippen molar-refractivity contribution in [2.75, 3.05) is 24.3 Å². The number of carbonyl (C=O) groups is 1. The molecule has 1 amide bonds. The third-order valence-corrected chi connectivity index (χ3v) is 3.04. The molecule has 0 fully saturated rings. The van der Waals surface area contributed by atoms with E-state index in [9.17, 15) is 9.18 Å². The summed E-state index contributed by atoms with van der Waals surface area (Å²) in [4.78, 5) is 13.9. The highest BCUT2D eigenvalue weighted by Crippen LogP contribution is 2.28. The van der Waals surface area contributed by atoms with Crippen molar-refractivity contribution in [1.82, 2.24) is 0 Å². The Kier molecular flexibility index (Phi) is 4.25. The largest absolute Gasteiger partial charge is 0.376 e. The summed E-state index contributed by atoms with van der Waals surface area (Å²) in [5.74, 6) is -1.06. The first-order valence-corrected chi connectivity index (χ1v) is 6.39. The van der Waals surface area contributed by atoms with Crippen molar-refractivity contribution in [1.29, 1.82) is 0 Å². The van der Waals surface area contributed by atoms with E-state index in [4.69, 9.17) is 11.6 Å². The van der Waals surface area contributed by atoms with Crippen LogP contribution in [0.3, 0.4) is 0 Å². The Labute approximate surface area is 122 Å². The van der Waals surface area contributed by atoms with E-state index in [2.05, 4.69) is 5.32 Å². The molecule has 104 valence electrons. The molecule has 2 rings (SSSR count). The number of hydrogen-bond donors (Lipinski definition) is 1. The molecule has 0 saturated carbocycles. The molecular formula is C15H14ClFN2O. The van der Waals surface area contributed by atoms with E-state index < -0.39 is 11.7 Å². The fourth-order valence-corrected chi connectivity index (χ4v) is 2.01. The number of nitrogens with one attached hydrogen (secondary N) is 1. The van der Waals surface area contributed by atoms with E-state index in [0.717, 1.165) is 5.69 Å². The second kappa shape index (κ2) is 5.92. The number of benzene rings is 2. The molecule has 0 spiro atoms. The Balaban J connectivity index is 2.33. The summed E-state index contributed by atoms with van der Waals surface area (Å²) in [5.41, 5.74) is 1.33. The fraction of sp³-hybridized carbons (Fsp3) is 0.133. The van der Waals surface area contributed by atoms with Crippen molar-refractivity contribution in [2.24, 2.45) is 0 Å². The van der Waals surface area contributed by atoms with Crippen LogP contribution in [-0.2, 0) is 0 Å². The van der Waals surface area contributed by atoms with Crippen LogP contribution in [0, 0.1) is 5.82 Å². The first-order valence-electron chi connectivity index (χ1n) is 6.02. The van der Waals surface area contributed by atoms with E-state index in [1.54, 1.807) is 24.3 Å². The molecule has 0 aliphatic carbocycles. The van der Waals surface area contributed by atoms with Gasteiger partial charge in [-0.05, 0) is 30.3 Å². The summed E-state index contributed by atoms with van der Waals surface area (Å²) in [7, 11) is 3.70. The van der Waals surface area contributed by atoms with E-state index >= 15 is 0 Å². The Bertz CT molecular complexity index is 644. The zero-order valence-corrected chi connectivity index (χ0v) is 11.9. The maximum Gasteiger partial charge on any atom is 0.258 e. The van der Waals surface area contributed by atoms with Gasteiger partial charge in [-0.1, -0.05) is 23.7 Å². The molecule has 0 radical (unpaired) electrons. The van der Waals surface area contributed by atoms with Gasteiger partial charge in [0.2, 0.25) is 0 Å². The topological polar surface area (TPSA) is 32.3 Å². The van der Waals surface area contributed by atoms with Crippen LogP contribution in [0.5, 0.6) is 0 Å². The monoisotopic (exact) mass is 292 g/mol. The van der Waals surface area contributed by atoms with Gasteiger partial charge in [-0.15, -0.1) is 0 Å². The van der Waals surface area contributed by atoms with E-state index in [0.29, 0.717) is 10.7 Å². The molecule has 0 heterocycles. The van der Waals surface area contributed by atoms with E-state index in [1.165, 1.54) is 18.2 Å². The molecule has 0 saturated heterocycles. The average Bonchev–Trinajstić information content (AvgIpc) is 2.38. The summed E-state index contributed by atoms with van der Waals surface area (Å²) in [5, 5.41) is 3.18. The molecule has 2 aromatic rings. The highest BCUT2D eigenvalue weighted by atomic mass is 35.5. The maximum absolute atomic E-state index is 13.6. The first kappa shape index (κ1) is 14.3. The van der Waals surface area contributed by atoms with Gasteiger partial charge in [-0.25, -0.2) is 4.39 Å². The summed E-state index contributed by atoms with van der Waals surface area (Å²) < 4.78 is 13.6. The van der Waals surface area contributed by atoms with Crippen LogP contribution in [0.2, 0.25) is 5.02 Å². The zero-order chi connectivity index (χ0) is 14.7. The van der Waals surface area contributed by atoms with Gasteiger partial charge in [0.25, 0.3) is 5.91 Å². The molecule has 1 N–H and O–H groups in total. The number of nitrogens with zero attached hydrogens (tertiary/aromatic N) is 1. The smallest absolute Gasteiger partial charge is 0.258 e. The van der Waals surface area contributed by atoms with Crippen molar-refractivity contribution < 1.29 is 9.18 Å². The SMILES string of the molecule is CN(C)c1ccc(Cl)cc1NC(=O)c1ccccc1F. The highest BCUT2D eigenvalue weighted by molar-refractivity contribution is 6.31. The molecule has 0 unspecified atom stereocenters. The summed E-state index contributed by atoms with van der Waals surface area (Å²) in [6.45, 7) is 0. The van der Waals surface area contributed by atoms with Crippen LogP contribution in [0.25, 0.3) is 0 Å². The molecule has 5 heteroatoms. The van der Waals surface area contributed by atoms with Crippen molar-refractivity contribution in [3.05, 3.63) is 58.9 Å². The number of carbonyl (C=O) groups excluding carboxylic acids is 1. The molecule has 0 aliphatic rings. The lowest BCUT2D eigenvalue weighted by Crippen LogP contribution is -2.17. The Morgan fingerprint density at radius 1 is 1.20 bits per heavy atom. The van der Waals surface area contributed by atoms with Gasteiger partial charge in [0, 0.05) is 19.1 Å². The first-order chi connectivity index (χ1) is 9.49. The van der Waals surface area contributed by atoms with Crippen LogP contribution in [0.1, 0.15) is 10.4 Å². The average molecular weight is 293 g/mol. The molecule has 3 nitrogen and oxygen atoms in total. The van der Waals surface area contributed by atoms with Crippen LogP contribution in [0.4, 0.5) is 15.8 Å². The predicted octanol–water partition coefficient (Wildman–Crippen LogP) is 3.80. The minimum Gasteiger partial charge on any atom is -0.376 e. The van der Waals surface area contributed by atoms with Gasteiger partial charge in [-0.2, -0.15) is 0 Å². The predicted molar refractivity (Wildman–Crippen MR) is 80.1 cm³/mol. The van der Waals surface area contributed by atoms with Crippen molar-refractivity contribution in [3.63, 3.8) is 0 Å². The van der Waals surface area contributed by atoms with Crippen molar-refractivity contribution >= 4 is 28.9 Å². The Morgan fingerprint density at radius 3 is 2.55 bits per heavy atom. The maximum atomic E-state index is 13.6. The molecule has 0 aromatic heterocycles. The lowest BCUT2D eigenvalue weighted by Gasteiger charge is -2.18. The number of anilines is 2. The summed E-state index contributed by atoms with van der Waals surface area (Å²) >= 11 is 5.94. The van der Waals surface area contributed by atoms with Gasteiger partial charge in [0.15, 0.2) is 0 Å². The minimum absolute atomic E-state index is 0.00261. The van der Waals surface area contributed by atoms with Crippen LogP contribution in [0.15, 0.2) is 42.5 Å². The van der Waals surface area contributed by atoms with Crippen molar-refractivity contribution in [2.45, 2.75) is 0 Å². The van der Waals surface area contributed by atoms with Gasteiger partial charge >= 0.3 is 0 Å². The van der Waals surface area contributed by atoms with Gasteiger partial charge in [0.1, 0.15) is 5.82 Å². The zero-order valence-electron chi connectivity index (χ0n) is 11.2. The van der Waals surface area contributed by atoms with Crippen LogP contribution < -0.4 is 10.2 Å². The van der Waals surface area contributed by atoms with Gasteiger partial charge < -0.3 is 10.2 Å². The molecule has 0 aliphatic heterocycles. The van der Waals surface area contributed by atoms with Crippen LogP contribution >= 0.6 is 11.6 Å². The lowest BCUT2D eigenvalue weighted by molar-refractivity contribution is 0.102. The molecule has 0 bridgehead atoms. The Morgan fingerprint density at radius 2 is 1.90 bits per heavy atom. The van der Waals surface area contributed by atoms with Crippen molar-refractivity contribution in [3.8, 4) is 0 Å². The molecule has 2 aromatic carbocycles. The second-order valence-electron chi connectivity index (χ2n) is 4.49. The summed E-state index contributed by atoms with van der Waals surface area (Å²) in [6.07, 6.45) is 0. The van der Waals surface area contributed by atoms with Crippen LogP contribution in [-0.4, -0.2) is 20.0 Å². The third-order valence-electron chi connectivity index (χ3n) is 2.81. The highest BCUT2D eigenvalue weighted by Gasteiger charge is 2.14. The number of rotatable bonds is 3.